The fourth-order valence-electron chi connectivity index (χ4n) is 1.73. The smallest absolute Gasteiger partial charge is 0.0721 e. The largest absolute Gasteiger partial charge is 0.310 e. The van der Waals surface area contributed by atoms with Crippen molar-refractivity contribution in [2.24, 2.45) is 0 Å². The summed E-state index contributed by atoms with van der Waals surface area (Å²) in [5, 5.41) is 7.75. The van der Waals surface area contributed by atoms with Gasteiger partial charge in [0.1, 0.15) is 0 Å². The van der Waals surface area contributed by atoms with Gasteiger partial charge in [0.2, 0.25) is 0 Å². The van der Waals surface area contributed by atoms with Crippen LogP contribution in [0.2, 0.25) is 0 Å². The van der Waals surface area contributed by atoms with Crippen LogP contribution in [0.4, 0.5) is 0 Å². The van der Waals surface area contributed by atoms with Crippen molar-refractivity contribution >= 4 is 0 Å². The maximum atomic E-state index is 4.25. The Kier molecular flexibility index (Phi) is 2.42. The van der Waals surface area contributed by atoms with Crippen molar-refractivity contribution in [2.75, 3.05) is 0 Å². The highest BCUT2D eigenvalue weighted by Crippen LogP contribution is 2.20. The summed E-state index contributed by atoms with van der Waals surface area (Å²) in [6.45, 7) is 0.869. The van der Waals surface area contributed by atoms with Gasteiger partial charge in [-0.25, -0.2) is 4.68 Å². The van der Waals surface area contributed by atoms with Crippen LogP contribution in [0.15, 0.2) is 36.9 Å². The highest BCUT2D eigenvalue weighted by molar-refractivity contribution is 5.37. The Hall–Kier alpha value is -1.68. The van der Waals surface area contributed by atoms with E-state index < -0.39 is 0 Å². The normalized spacial score (nSPS) is 15.2. The van der Waals surface area contributed by atoms with Crippen LogP contribution in [0.3, 0.4) is 0 Å². The van der Waals surface area contributed by atoms with Gasteiger partial charge in [0.05, 0.1) is 5.69 Å². The van der Waals surface area contributed by atoms with Crippen molar-refractivity contribution in [3.05, 3.63) is 42.5 Å². The standard InChI is InChI=1S/C12H14N4/c1-5-15-16(7-1)12-4-6-13-8-10(12)9-14-11-2-3-11/h1,4-8,11,14H,2-3,9H2. The van der Waals surface area contributed by atoms with Crippen molar-refractivity contribution < 1.29 is 0 Å². The Bertz CT molecular complexity index is 460. The van der Waals surface area contributed by atoms with E-state index in [9.17, 15) is 0 Å². The van der Waals surface area contributed by atoms with Crippen molar-refractivity contribution in [2.45, 2.75) is 25.4 Å². The summed E-state index contributed by atoms with van der Waals surface area (Å²) in [5.41, 5.74) is 2.30. The van der Waals surface area contributed by atoms with E-state index in [1.807, 2.05) is 29.2 Å². The Morgan fingerprint density at radius 1 is 1.38 bits per heavy atom. The molecule has 0 bridgehead atoms. The van der Waals surface area contributed by atoms with Gasteiger partial charge in [-0.05, 0) is 25.0 Å². The van der Waals surface area contributed by atoms with E-state index in [1.165, 1.54) is 18.4 Å². The van der Waals surface area contributed by atoms with Crippen molar-refractivity contribution in [3.63, 3.8) is 0 Å². The molecule has 0 aliphatic heterocycles. The summed E-state index contributed by atoms with van der Waals surface area (Å²) >= 11 is 0. The second-order valence-corrected chi connectivity index (χ2v) is 4.11. The molecule has 0 amide bonds. The molecule has 82 valence electrons. The quantitative estimate of drug-likeness (QED) is 0.839. The molecule has 0 aromatic carbocycles. The van der Waals surface area contributed by atoms with Crippen LogP contribution in [-0.4, -0.2) is 20.8 Å². The highest BCUT2D eigenvalue weighted by Gasteiger charge is 2.20. The van der Waals surface area contributed by atoms with Crippen LogP contribution in [0, 0.1) is 0 Å². The van der Waals surface area contributed by atoms with E-state index in [2.05, 4.69) is 15.4 Å². The summed E-state index contributed by atoms with van der Waals surface area (Å²) in [6, 6.07) is 4.64. The molecule has 0 saturated heterocycles. The first-order valence-corrected chi connectivity index (χ1v) is 5.60. The number of pyridine rings is 1. The molecule has 2 aromatic rings. The Balaban J connectivity index is 1.85. The van der Waals surface area contributed by atoms with Gasteiger partial charge >= 0.3 is 0 Å². The third-order valence-corrected chi connectivity index (χ3v) is 2.79. The van der Waals surface area contributed by atoms with Gasteiger partial charge in [-0.15, -0.1) is 0 Å². The van der Waals surface area contributed by atoms with E-state index in [1.54, 1.807) is 12.4 Å². The first kappa shape index (κ1) is 9.54. The van der Waals surface area contributed by atoms with Crippen molar-refractivity contribution in [1.82, 2.24) is 20.1 Å². The lowest BCUT2D eigenvalue weighted by atomic mass is 10.2. The Labute approximate surface area is 94.3 Å². The zero-order chi connectivity index (χ0) is 10.8. The summed E-state index contributed by atoms with van der Waals surface area (Å²) in [5.74, 6) is 0. The first-order valence-electron chi connectivity index (χ1n) is 5.60. The SMILES string of the molecule is c1cnn(-c2ccncc2CNC2CC2)c1. The van der Waals surface area contributed by atoms with Crippen LogP contribution in [0.25, 0.3) is 5.69 Å². The van der Waals surface area contributed by atoms with Crippen LogP contribution >= 0.6 is 0 Å². The first-order chi connectivity index (χ1) is 7.93. The molecule has 4 nitrogen and oxygen atoms in total. The second-order valence-electron chi connectivity index (χ2n) is 4.11. The monoisotopic (exact) mass is 214 g/mol. The summed E-state index contributed by atoms with van der Waals surface area (Å²) in [6.07, 6.45) is 10.1. The molecule has 1 N–H and O–H groups in total. The summed E-state index contributed by atoms with van der Waals surface area (Å²) < 4.78 is 1.88. The molecule has 1 saturated carbocycles. The summed E-state index contributed by atoms with van der Waals surface area (Å²) in [7, 11) is 0. The molecule has 2 aromatic heterocycles. The molecule has 1 fully saturated rings. The van der Waals surface area contributed by atoms with Gasteiger partial charge in [-0.1, -0.05) is 0 Å². The number of hydrogen-bond donors (Lipinski definition) is 1. The molecular weight excluding hydrogens is 200 g/mol. The number of nitrogens with one attached hydrogen (secondary N) is 1. The average molecular weight is 214 g/mol. The molecule has 0 radical (unpaired) electrons. The minimum atomic E-state index is 0.714. The van der Waals surface area contributed by atoms with Crippen molar-refractivity contribution in [1.29, 1.82) is 0 Å². The summed E-state index contributed by atoms with van der Waals surface area (Å²) in [4.78, 5) is 4.17. The number of nitrogens with zero attached hydrogens (tertiary/aromatic N) is 3. The topological polar surface area (TPSA) is 42.7 Å². The Morgan fingerprint density at radius 2 is 2.31 bits per heavy atom. The molecule has 0 unspecified atom stereocenters. The zero-order valence-electron chi connectivity index (χ0n) is 9.00. The van der Waals surface area contributed by atoms with Crippen LogP contribution < -0.4 is 5.32 Å². The minimum Gasteiger partial charge on any atom is -0.310 e. The molecule has 1 aliphatic carbocycles. The van der Waals surface area contributed by atoms with Gasteiger partial charge < -0.3 is 5.32 Å². The third-order valence-electron chi connectivity index (χ3n) is 2.79. The highest BCUT2D eigenvalue weighted by atomic mass is 15.3. The van der Waals surface area contributed by atoms with Crippen LogP contribution in [0.1, 0.15) is 18.4 Å². The average Bonchev–Trinajstić information content (AvgIpc) is 3.00. The second kappa shape index (κ2) is 4.06. The molecule has 16 heavy (non-hydrogen) atoms. The minimum absolute atomic E-state index is 0.714. The van der Waals surface area contributed by atoms with E-state index in [-0.39, 0.29) is 0 Å². The number of aromatic nitrogens is 3. The molecule has 2 heterocycles. The Morgan fingerprint density at radius 3 is 3.06 bits per heavy atom. The lowest BCUT2D eigenvalue weighted by Gasteiger charge is -2.09. The van der Waals surface area contributed by atoms with Gasteiger partial charge in [0.25, 0.3) is 0 Å². The van der Waals surface area contributed by atoms with E-state index in [0.717, 1.165) is 12.2 Å². The van der Waals surface area contributed by atoms with E-state index in [0.29, 0.717) is 6.04 Å². The van der Waals surface area contributed by atoms with E-state index >= 15 is 0 Å². The molecule has 0 spiro atoms. The van der Waals surface area contributed by atoms with Gasteiger partial charge in [0, 0.05) is 42.9 Å². The van der Waals surface area contributed by atoms with E-state index in [4.69, 9.17) is 0 Å². The fourth-order valence-corrected chi connectivity index (χ4v) is 1.73. The lowest BCUT2D eigenvalue weighted by molar-refractivity contribution is 0.679. The molecule has 1 aliphatic rings. The molecule has 4 heteroatoms. The van der Waals surface area contributed by atoms with Gasteiger partial charge in [-0.2, -0.15) is 5.10 Å². The van der Waals surface area contributed by atoms with Gasteiger partial charge in [0.15, 0.2) is 0 Å². The fraction of sp³-hybridized carbons (Fsp3) is 0.333. The van der Waals surface area contributed by atoms with Gasteiger partial charge in [-0.3, -0.25) is 4.98 Å². The van der Waals surface area contributed by atoms with Crippen molar-refractivity contribution in [3.8, 4) is 5.69 Å². The number of rotatable bonds is 4. The van der Waals surface area contributed by atoms with Crippen LogP contribution in [0.5, 0.6) is 0 Å². The molecular formula is C12H14N4. The predicted molar refractivity (Wildman–Crippen MR) is 61.2 cm³/mol. The van der Waals surface area contributed by atoms with Crippen LogP contribution in [-0.2, 0) is 6.54 Å². The maximum Gasteiger partial charge on any atom is 0.0721 e. The zero-order valence-corrected chi connectivity index (χ0v) is 9.00. The number of hydrogen-bond acceptors (Lipinski definition) is 3. The molecule has 3 rings (SSSR count). The maximum absolute atomic E-state index is 4.25. The third kappa shape index (κ3) is 1.97. The molecule has 0 atom stereocenters. The predicted octanol–water partition coefficient (Wildman–Crippen LogP) is 1.52. The lowest BCUT2D eigenvalue weighted by Crippen LogP contribution is -2.17.